The summed E-state index contributed by atoms with van der Waals surface area (Å²) in [5, 5.41) is 0. The Morgan fingerprint density at radius 1 is 1.06 bits per heavy atom. The number of rotatable bonds is 2. The number of aryl methyl sites for hydroxylation is 1. The van der Waals surface area contributed by atoms with Crippen LogP contribution in [0, 0.1) is 6.92 Å². The van der Waals surface area contributed by atoms with E-state index in [2.05, 4.69) is 15.9 Å². The van der Waals surface area contributed by atoms with Crippen molar-refractivity contribution in [3.63, 3.8) is 0 Å². The summed E-state index contributed by atoms with van der Waals surface area (Å²) in [5.74, 6) is -0.417. The van der Waals surface area contributed by atoms with Gasteiger partial charge in [0.2, 0.25) is 5.91 Å². The smallest absolute Gasteiger partial charge is 0.248 e. The Morgan fingerprint density at radius 3 is 2.29 bits per heavy atom. The van der Waals surface area contributed by atoms with E-state index < -0.39 is 5.91 Å². The van der Waals surface area contributed by atoms with Crippen LogP contribution in [0.5, 0.6) is 0 Å². The van der Waals surface area contributed by atoms with Gasteiger partial charge < -0.3 is 5.73 Å². The van der Waals surface area contributed by atoms with Crippen LogP contribution in [0.2, 0.25) is 0 Å². The molecule has 0 aliphatic carbocycles. The summed E-state index contributed by atoms with van der Waals surface area (Å²) in [6.07, 6.45) is 0. The van der Waals surface area contributed by atoms with Gasteiger partial charge in [-0.25, -0.2) is 0 Å². The van der Waals surface area contributed by atoms with Gasteiger partial charge in [0, 0.05) is 10.0 Å². The minimum Gasteiger partial charge on any atom is -0.366 e. The standard InChI is InChI=1S/C14H12BrNO/c1-9-2-4-10(5-3-9)11-6-12(14(16)17)8-13(15)7-11/h2-8H,1H3,(H2,16,17). The van der Waals surface area contributed by atoms with E-state index in [4.69, 9.17) is 5.73 Å². The molecule has 0 spiro atoms. The van der Waals surface area contributed by atoms with Crippen LogP contribution in [0.25, 0.3) is 11.1 Å². The van der Waals surface area contributed by atoms with Gasteiger partial charge >= 0.3 is 0 Å². The molecule has 1 amide bonds. The lowest BCUT2D eigenvalue weighted by atomic mass is 10.0. The molecule has 0 atom stereocenters. The van der Waals surface area contributed by atoms with Crippen LogP contribution < -0.4 is 5.73 Å². The largest absolute Gasteiger partial charge is 0.366 e. The molecule has 0 fully saturated rings. The summed E-state index contributed by atoms with van der Waals surface area (Å²) in [7, 11) is 0. The number of nitrogens with two attached hydrogens (primary N) is 1. The van der Waals surface area contributed by atoms with Crippen LogP contribution in [0.3, 0.4) is 0 Å². The van der Waals surface area contributed by atoms with Crippen molar-refractivity contribution in [1.29, 1.82) is 0 Å². The summed E-state index contributed by atoms with van der Waals surface area (Å²) in [6.45, 7) is 2.04. The molecular formula is C14H12BrNO. The molecule has 0 heterocycles. The zero-order valence-electron chi connectivity index (χ0n) is 9.41. The number of primary amides is 1. The zero-order valence-corrected chi connectivity index (χ0v) is 11.0. The molecule has 0 saturated heterocycles. The molecule has 2 aromatic rings. The van der Waals surface area contributed by atoms with E-state index in [1.54, 1.807) is 12.1 Å². The molecule has 0 aliphatic heterocycles. The van der Waals surface area contributed by atoms with Crippen LogP contribution in [0.1, 0.15) is 15.9 Å². The van der Waals surface area contributed by atoms with Crippen LogP contribution in [-0.4, -0.2) is 5.91 Å². The van der Waals surface area contributed by atoms with Gasteiger partial charge in [-0.1, -0.05) is 45.8 Å². The summed E-state index contributed by atoms with van der Waals surface area (Å²) < 4.78 is 0.851. The second-order valence-corrected chi connectivity index (χ2v) is 4.87. The molecule has 86 valence electrons. The number of hydrogen-bond donors (Lipinski definition) is 1. The van der Waals surface area contributed by atoms with Gasteiger partial charge in [0.25, 0.3) is 0 Å². The number of halogens is 1. The lowest BCUT2D eigenvalue weighted by molar-refractivity contribution is 0.100. The number of carbonyl (C=O) groups is 1. The highest BCUT2D eigenvalue weighted by atomic mass is 79.9. The maximum atomic E-state index is 11.2. The van der Waals surface area contributed by atoms with Crippen LogP contribution in [0.4, 0.5) is 0 Å². The van der Waals surface area contributed by atoms with Crippen LogP contribution in [0.15, 0.2) is 46.9 Å². The van der Waals surface area contributed by atoms with Crippen molar-refractivity contribution in [2.45, 2.75) is 6.92 Å². The van der Waals surface area contributed by atoms with Crippen molar-refractivity contribution in [3.05, 3.63) is 58.1 Å². The lowest BCUT2D eigenvalue weighted by Crippen LogP contribution is -2.10. The van der Waals surface area contributed by atoms with Crippen molar-refractivity contribution in [2.75, 3.05) is 0 Å². The first-order valence-electron chi connectivity index (χ1n) is 5.24. The first kappa shape index (κ1) is 11.9. The Kier molecular flexibility index (Phi) is 3.29. The SMILES string of the molecule is Cc1ccc(-c2cc(Br)cc(C(N)=O)c2)cc1. The van der Waals surface area contributed by atoms with Gasteiger partial charge in [-0.15, -0.1) is 0 Å². The molecule has 0 bridgehead atoms. The number of amides is 1. The average Bonchev–Trinajstić information content (AvgIpc) is 2.29. The molecule has 0 radical (unpaired) electrons. The van der Waals surface area contributed by atoms with E-state index in [1.807, 2.05) is 37.3 Å². The Bertz CT molecular complexity index is 561. The highest BCUT2D eigenvalue weighted by Crippen LogP contribution is 2.25. The second-order valence-electron chi connectivity index (χ2n) is 3.96. The molecule has 0 unspecified atom stereocenters. The molecule has 17 heavy (non-hydrogen) atoms. The average molecular weight is 290 g/mol. The second kappa shape index (κ2) is 4.72. The van der Waals surface area contributed by atoms with E-state index in [-0.39, 0.29) is 0 Å². The normalized spacial score (nSPS) is 10.2. The Morgan fingerprint density at radius 2 is 1.71 bits per heavy atom. The summed E-state index contributed by atoms with van der Waals surface area (Å²) in [5.41, 5.74) is 9.06. The van der Waals surface area contributed by atoms with Gasteiger partial charge in [0.1, 0.15) is 0 Å². The summed E-state index contributed by atoms with van der Waals surface area (Å²) in [4.78, 5) is 11.2. The fourth-order valence-electron chi connectivity index (χ4n) is 1.64. The minimum absolute atomic E-state index is 0.417. The van der Waals surface area contributed by atoms with Crippen molar-refractivity contribution in [1.82, 2.24) is 0 Å². The van der Waals surface area contributed by atoms with Gasteiger partial charge in [0.15, 0.2) is 0 Å². The number of carbonyl (C=O) groups excluding carboxylic acids is 1. The van der Waals surface area contributed by atoms with E-state index in [0.29, 0.717) is 5.56 Å². The van der Waals surface area contributed by atoms with Gasteiger partial charge in [-0.2, -0.15) is 0 Å². The zero-order chi connectivity index (χ0) is 12.4. The molecule has 3 heteroatoms. The predicted octanol–water partition coefficient (Wildman–Crippen LogP) is 3.52. The monoisotopic (exact) mass is 289 g/mol. The van der Waals surface area contributed by atoms with E-state index in [9.17, 15) is 4.79 Å². The summed E-state index contributed by atoms with van der Waals surface area (Å²) >= 11 is 3.39. The van der Waals surface area contributed by atoms with E-state index in [1.165, 1.54) is 5.56 Å². The fourth-order valence-corrected chi connectivity index (χ4v) is 2.14. The van der Waals surface area contributed by atoms with Crippen LogP contribution in [-0.2, 0) is 0 Å². The van der Waals surface area contributed by atoms with Gasteiger partial charge in [0.05, 0.1) is 0 Å². The van der Waals surface area contributed by atoms with Crippen molar-refractivity contribution in [3.8, 4) is 11.1 Å². The maximum Gasteiger partial charge on any atom is 0.248 e. The Hall–Kier alpha value is -1.61. The Balaban J connectivity index is 2.51. The molecule has 2 rings (SSSR count). The van der Waals surface area contributed by atoms with Gasteiger partial charge in [-0.3, -0.25) is 4.79 Å². The highest BCUT2D eigenvalue weighted by molar-refractivity contribution is 9.10. The number of hydrogen-bond acceptors (Lipinski definition) is 1. The third-order valence-corrected chi connectivity index (χ3v) is 3.03. The number of benzene rings is 2. The van der Waals surface area contributed by atoms with Gasteiger partial charge in [-0.05, 0) is 36.2 Å². The summed E-state index contributed by atoms with van der Waals surface area (Å²) in [6, 6.07) is 13.6. The lowest BCUT2D eigenvalue weighted by Gasteiger charge is -2.05. The minimum atomic E-state index is -0.417. The fraction of sp³-hybridized carbons (Fsp3) is 0.0714. The quantitative estimate of drug-likeness (QED) is 0.903. The maximum absolute atomic E-state index is 11.2. The molecular weight excluding hydrogens is 278 g/mol. The molecule has 2 N–H and O–H groups in total. The van der Waals surface area contributed by atoms with Crippen molar-refractivity contribution in [2.24, 2.45) is 5.73 Å². The van der Waals surface area contributed by atoms with Crippen LogP contribution >= 0.6 is 15.9 Å². The third-order valence-electron chi connectivity index (χ3n) is 2.57. The highest BCUT2D eigenvalue weighted by Gasteiger charge is 2.05. The molecule has 2 aromatic carbocycles. The first-order valence-corrected chi connectivity index (χ1v) is 6.03. The van der Waals surface area contributed by atoms with Crippen molar-refractivity contribution < 1.29 is 4.79 Å². The molecule has 0 saturated carbocycles. The topological polar surface area (TPSA) is 43.1 Å². The van der Waals surface area contributed by atoms with E-state index >= 15 is 0 Å². The third kappa shape index (κ3) is 2.74. The molecule has 2 nitrogen and oxygen atoms in total. The van der Waals surface area contributed by atoms with Crippen molar-refractivity contribution >= 4 is 21.8 Å². The predicted molar refractivity (Wildman–Crippen MR) is 72.8 cm³/mol. The first-order chi connectivity index (χ1) is 8.06. The molecule has 0 aromatic heterocycles. The Labute approximate surface area is 109 Å². The molecule has 0 aliphatic rings. The van der Waals surface area contributed by atoms with E-state index in [0.717, 1.165) is 15.6 Å².